The van der Waals surface area contributed by atoms with Gasteiger partial charge in [-0.2, -0.15) is 0 Å². The van der Waals surface area contributed by atoms with E-state index in [1.807, 2.05) is 0 Å². The van der Waals surface area contributed by atoms with E-state index in [4.69, 9.17) is 23.7 Å². The zero-order chi connectivity index (χ0) is 26.0. The summed E-state index contributed by atoms with van der Waals surface area (Å²) in [4.78, 5) is 74.2. The Bertz CT molecular complexity index is 1080. The van der Waals surface area contributed by atoms with Crippen LogP contribution in [0.15, 0.2) is 18.2 Å². The van der Waals surface area contributed by atoms with Gasteiger partial charge in [0.15, 0.2) is 24.5 Å². The Morgan fingerprint density at radius 2 is 1.43 bits per heavy atom. The molecular formula is C23H25NO11. The van der Waals surface area contributed by atoms with Gasteiger partial charge >= 0.3 is 29.8 Å². The Morgan fingerprint density at radius 1 is 0.857 bits per heavy atom. The quantitative estimate of drug-likeness (QED) is 0.312. The third-order valence-electron chi connectivity index (χ3n) is 5.37. The van der Waals surface area contributed by atoms with Crippen molar-refractivity contribution in [3.8, 4) is 0 Å². The predicted molar refractivity (Wildman–Crippen MR) is 115 cm³/mol. The largest absolute Gasteiger partial charge is 0.463 e. The number of nitrogens with zero attached hydrogens (tertiary/aromatic N) is 1. The van der Waals surface area contributed by atoms with Gasteiger partial charge in [0, 0.05) is 27.7 Å². The standard InChI is InChI=1S/C23H25NO11/c1-10-7-6-8-15-17(10)18(29)22(30)24(15)23-21(34-14(5)28)20(33-13(4)27)19(32-12(3)26)16(35-23)9-31-11(2)25/h6-8,16,19-21,23H,9H2,1-5H3/t16-,19+,20+,21-,23-/m0/s1. The van der Waals surface area contributed by atoms with E-state index in [1.54, 1.807) is 19.1 Å². The highest BCUT2D eigenvalue weighted by molar-refractivity contribution is 6.52. The van der Waals surface area contributed by atoms with Gasteiger partial charge in [-0.3, -0.25) is 33.7 Å². The van der Waals surface area contributed by atoms with Crippen LogP contribution < -0.4 is 4.90 Å². The molecule has 0 unspecified atom stereocenters. The first-order valence-electron chi connectivity index (χ1n) is 10.7. The van der Waals surface area contributed by atoms with Crippen LogP contribution in [0.3, 0.4) is 0 Å². The van der Waals surface area contributed by atoms with Crippen molar-refractivity contribution in [1.29, 1.82) is 0 Å². The summed E-state index contributed by atoms with van der Waals surface area (Å²) in [6.07, 6.45) is -7.08. The van der Waals surface area contributed by atoms with Crippen molar-refractivity contribution in [3.63, 3.8) is 0 Å². The number of aryl methyl sites for hydroxylation is 1. The monoisotopic (exact) mass is 491 g/mol. The Kier molecular flexibility index (Phi) is 7.54. The van der Waals surface area contributed by atoms with Crippen LogP contribution >= 0.6 is 0 Å². The van der Waals surface area contributed by atoms with Crippen LogP contribution in [-0.4, -0.2) is 72.8 Å². The van der Waals surface area contributed by atoms with E-state index in [-0.39, 0.29) is 11.3 Å². The summed E-state index contributed by atoms with van der Waals surface area (Å²) in [6, 6.07) is 4.79. The lowest BCUT2D eigenvalue weighted by Gasteiger charge is -2.46. The van der Waals surface area contributed by atoms with Crippen molar-refractivity contribution >= 4 is 41.3 Å². The molecule has 35 heavy (non-hydrogen) atoms. The minimum absolute atomic E-state index is 0.144. The summed E-state index contributed by atoms with van der Waals surface area (Å²) in [5, 5.41) is 0. The zero-order valence-corrected chi connectivity index (χ0v) is 19.8. The zero-order valence-electron chi connectivity index (χ0n) is 19.8. The number of rotatable bonds is 6. The van der Waals surface area contributed by atoms with E-state index in [1.165, 1.54) is 6.07 Å². The van der Waals surface area contributed by atoms with Crippen LogP contribution in [0.25, 0.3) is 0 Å². The van der Waals surface area contributed by atoms with E-state index in [9.17, 15) is 28.8 Å². The first-order chi connectivity index (χ1) is 16.4. The Balaban J connectivity index is 2.15. The van der Waals surface area contributed by atoms with Crippen molar-refractivity contribution < 1.29 is 52.5 Å². The van der Waals surface area contributed by atoms with E-state index in [2.05, 4.69) is 0 Å². The summed E-state index contributed by atoms with van der Waals surface area (Å²) in [5.74, 6) is -4.84. The van der Waals surface area contributed by atoms with Crippen molar-refractivity contribution in [2.75, 3.05) is 11.5 Å². The SMILES string of the molecule is CC(=O)OC[C@@H]1O[C@H](N2C(=O)C(=O)c3c(C)cccc32)[C@@H](OC(C)=O)[C@H](OC(C)=O)[C@@H]1OC(C)=O. The molecule has 0 aromatic heterocycles. The molecule has 12 nitrogen and oxygen atoms in total. The second kappa shape index (κ2) is 10.2. The number of ketones is 1. The second-order valence-electron chi connectivity index (χ2n) is 8.06. The number of anilines is 1. The van der Waals surface area contributed by atoms with Crippen LogP contribution in [0.1, 0.15) is 43.6 Å². The Morgan fingerprint density at radius 3 is 2.00 bits per heavy atom. The molecule has 0 bridgehead atoms. The molecule has 2 aliphatic rings. The average Bonchev–Trinajstić information content (AvgIpc) is 3.00. The molecule has 188 valence electrons. The fourth-order valence-corrected chi connectivity index (χ4v) is 4.14. The third-order valence-corrected chi connectivity index (χ3v) is 5.37. The lowest BCUT2D eigenvalue weighted by molar-refractivity contribution is -0.251. The van der Waals surface area contributed by atoms with E-state index in [0.717, 1.165) is 32.6 Å². The number of Topliss-reactive ketones (excluding diaryl/α,β-unsaturated/α-hetero) is 1. The normalized spacial score (nSPS) is 25.5. The number of benzene rings is 1. The molecule has 0 aliphatic carbocycles. The molecule has 0 spiro atoms. The first-order valence-corrected chi connectivity index (χ1v) is 10.7. The summed E-state index contributed by atoms with van der Waals surface area (Å²) < 4.78 is 27.1. The van der Waals surface area contributed by atoms with Crippen LogP contribution in [0, 0.1) is 6.92 Å². The van der Waals surface area contributed by atoms with Gasteiger partial charge in [-0.25, -0.2) is 0 Å². The highest BCUT2D eigenvalue weighted by atomic mass is 16.7. The maximum absolute atomic E-state index is 13.1. The molecule has 0 saturated carbocycles. The van der Waals surface area contributed by atoms with Crippen molar-refractivity contribution in [3.05, 3.63) is 29.3 Å². The van der Waals surface area contributed by atoms with Gasteiger partial charge in [0.05, 0.1) is 11.3 Å². The van der Waals surface area contributed by atoms with Gasteiger partial charge in [0.25, 0.3) is 5.78 Å². The number of carbonyl (C=O) groups is 6. The minimum atomic E-state index is -1.50. The molecule has 0 N–H and O–H groups in total. The van der Waals surface area contributed by atoms with Gasteiger partial charge in [0.1, 0.15) is 12.7 Å². The number of hydrogen-bond donors (Lipinski definition) is 0. The van der Waals surface area contributed by atoms with Gasteiger partial charge in [0.2, 0.25) is 0 Å². The topological polar surface area (TPSA) is 152 Å². The van der Waals surface area contributed by atoms with Crippen molar-refractivity contribution in [2.24, 2.45) is 0 Å². The third kappa shape index (κ3) is 5.32. The molecule has 2 heterocycles. The van der Waals surface area contributed by atoms with Gasteiger partial charge in [-0.05, 0) is 18.6 Å². The predicted octanol–water partition coefficient (Wildman–Crippen LogP) is 0.607. The maximum atomic E-state index is 13.1. The van der Waals surface area contributed by atoms with Gasteiger partial charge < -0.3 is 23.7 Å². The van der Waals surface area contributed by atoms with E-state index >= 15 is 0 Å². The number of amides is 1. The molecule has 12 heteroatoms. The van der Waals surface area contributed by atoms with Crippen LogP contribution in [-0.2, 0) is 47.7 Å². The second-order valence-corrected chi connectivity index (χ2v) is 8.06. The molecule has 1 aromatic carbocycles. The fraction of sp³-hybridized carbons (Fsp3) is 0.478. The molecule has 1 saturated heterocycles. The fourth-order valence-electron chi connectivity index (χ4n) is 4.14. The Labute approximate surface area is 200 Å². The lowest BCUT2D eigenvalue weighted by Crippen LogP contribution is -2.67. The maximum Gasteiger partial charge on any atom is 0.303 e. The summed E-state index contributed by atoms with van der Waals surface area (Å²) in [5.41, 5.74) is 0.875. The molecule has 0 radical (unpaired) electrons. The van der Waals surface area contributed by atoms with Crippen LogP contribution in [0.5, 0.6) is 0 Å². The molecule has 5 atom stereocenters. The molecular weight excluding hydrogens is 466 g/mol. The van der Waals surface area contributed by atoms with Gasteiger partial charge in [-0.1, -0.05) is 12.1 Å². The summed E-state index contributed by atoms with van der Waals surface area (Å²) >= 11 is 0. The van der Waals surface area contributed by atoms with Crippen molar-refractivity contribution in [1.82, 2.24) is 0 Å². The molecule has 1 fully saturated rings. The number of hydrogen-bond acceptors (Lipinski definition) is 11. The summed E-state index contributed by atoms with van der Waals surface area (Å²) in [6.45, 7) is 5.62. The molecule has 3 rings (SSSR count). The highest BCUT2D eigenvalue weighted by Crippen LogP contribution is 2.38. The number of fused-ring (bicyclic) bond motifs is 1. The van der Waals surface area contributed by atoms with Crippen molar-refractivity contribution in [2.45, 2.75) is 65.3 Å². The molecule has 2 aliphatic heterocycles. The smallest absolute Gasteiger partial charge is 0.303 e. The molecule has 1 aromatic rings. The van der Waals surface area contributed by atoms with Crippen LogP contribution in [0.2, 0.25) is 0 Å². The average molecular weight is 491 g/mol. The highest BCUT2D eigenvalue weighted by Gasteiger charge is 2.57. The number of esters is 4. The number of carbonyl (C=O) groups excluding carboxylic acids is 6. The van der Waals surface area contributed by atoms with E-state index < -0.39 is 72.8 Å². The lowest BCUT2D eigenvalue weighted by atomic mass is 9.96. The van der Waals surface area contributed by atoms with Gasteiger partial charge in [-0.15, -0.1) is 0 Å². The number of ether oxygens (including phenoxy) is 5. The minimum Gasteiger partial charge on any atom is -0.463 e. The molecule has 1 amide bonds. The van der Waals surface area contributed by atoms with Crippen LogP contribution in [0.4, 0.5) is 5.69 Å². The Hall–Kier alpha value is -3.80. The first kappa shape index (κ1) is 25.8. The van der Waals surface area contributed by atoms with E-state index in [0.29, 0.717) is 5.56 Å². The summed E-state index contributed by atoms with van der Waals surface area (Å²) in [7, 11) is 0.